The van der Waals surface area contributed by atoms with E-state index in [1.165, 1.54) is 0 Å². The fraction of sp³-hybridized carbons (Fsp3) is 0.872. The van der Waals surface area contributed by atoms with Crippen molar-refractivity contribution in [2.24, 2.45) is 21.7 Å². The number of Topliss-reactive ketones (excluding diaryl/α,β-unsaturated/α-hetero) is 5. The molecule has 57 heavy (non-hydrogen) atoms. The van der Waals surface area contributed by atoms with Gasteiger partial charge in [-0.15, -0.1) is 0 Å². The number of ketones is 5. The van der Waals surface area contributed by atoms with Gasteiger partial charge in [-0.25, -0.2) is 0 Å². The van der Waals surface area contributed by atoms with E-state index in [9.17, 15) is 28.8 Å². The number of amides is 1. The van der Waals surface area contributed by atoms with Crippen LogP contribution in [0.15, 0.2) is 0 Å². The summed E-state index contributed by atoms with van der Waals surface area (Å²) in [7, 11) is 0. The number of carbonyl (C=O) groups excluding carboxylic acids is 6. The highest BCUT2D eigenvalue weighted by Gasteiger charge is 2.22. The maximum Gasteiger partial charge on any atom is 0.220 e. The van der Waals surface area contributed by atoms with Gasteiger partial charge in [0, 0.05) is 88.4 Å². The first kappa shape index (κ1) is 56.8. The molecule has 10 nitrogen and oxygen atoms in total. The molecule has 0 rings (SSSR count). The van der Waals surface area contributed by atoms with Gasteiger partial charge in [0.15, 0.2) is 0 Å². The summed E-state index contributed by atoms with van der Waals surface area (Å²) in [6, 6.07) is 0. The van der Waals surface area contributed by atoms with E-state index in [1.807, 2.05) is 41.5 Å². The smallest absolute Gasteiger partial charge is 0.220 e. The summed E-state index contributed by atoms with van der Waals surface area (Å²) in [4.78, 5) is 70.7. The Balaban J connectivity index is 0. The minimum absolute atomic E-state index is 0.0367. The second-order valence-corrected chi connectivity index (χ2v) is 20.1. The van der Waals surface area contributed by atoms with Gasteiger partial charge in [-0.1, -0.05) is 102 Å². The van der Waals surface area contributed by atoms with Crippen LogP contribution in [0.3, 0.4) is 0 Å². The third kappa shape index (κ3) is 41.7. The lowest BCUT2D eigenvalue weighted by Crippen LogP contribution is -2.27. The lowest BCUT2D eigenvalue weighted by atomic mass is 9.87. The number of ether oxygens (including phenoxy) is 3. The average Bonchev–Trinajstić information content (AvgIpc) is 3.06. The number of hydrogen-bond donors (Lipinski definition) is 1. The summed E-state index contributed by atoms with van der Waals surface area (Å²) < 4.78 is 16.5. The van der Waals surface area contributed by atoms with E-state index in [4.69, 9.17) is 14.2 Å². The highest BCUT2D eigenvalue weighted by Crippen LogP contribution is 2.22. The van der Waals surface area contributed by atoms with Crippen LogP contribution in [0.2, 0.25) is 0 Å². The lowest BCUT2D eigenvalue weighted by molar-refractivity contribution is -0.129. The van der Waals surface area contributed by atoms with Crippen molar-refractivity contribution in [2.75, 3.05) is 46.2 Å². The second kappa shape index (κ2) is 31.6. The Hall–Kier alpha value is -2.30. The lowest BCUT2D eigenvalue weighted by Gasteiger charge is -2.16. The maximum absolute atomic E-state index is 11.8. The minimum Gasteiger partial charge on any atom is -0.379 e. The first-order chi connectivity index (χ1) is 26.3. The summed E-state index contributed by atoms with van der Waals surface area (Å²) in [5.74, 6) is 1.09. The minimum atomic E-state index is -0.367. The molecule has 10 heteroatoms. The van der Waals surface area contributed by atoms with Crippen molar-refractivity contribution in [1.29, 1.82) is 0 Å². The first-order valence-electron chi connectivity index (χ1n) is 21.9. The predicted octanol–water partition coefficient (Wildman–Crippen LogP) is 10.2. The summed E-state index contributed by atoms with van der Waals surface area (Å²) in [6.45, 7) is 27.9. The molecule has 1 amide bonds. The van der Waals surface area contributed by atoms with Gasteiger partial charge in [-0.3, -0.25) is 28.8 Å². The van der Waals surface area contributed by atoms with Gasteiger partial charge in [0.05, 0.1) is 26.4 Å². The topological polar surface area (TPSA) is 142 Å². The normalized spacial score (nSPS) is 12.1. The van der Waals surface area contributed by atoms with Crippen molar-refractivity contribution < 1.29 is 43.0 Å². The molecule has 0 aliphatic rings. The summed E-state index contributed by atoms with van der Waals surface area (Å²) in [5.41, 5.74) is -0.570. The number of carbonyl (C=O) groups is 6. The number of nitrogens with one attached hydrogen (secondary N) is 1. The molecule has 0 saturated heterocycles. The van der Waals surface area contributed by atoms with Crippen molar-refractivity contribution in [1.82, 2.24) is 5.32 Å². The highest BCUT2D eigenvalue weighted by atomic mass is 16.5. The van der Waals surface area contributed by atoms with Gasteiger partial charge >= 0.3 is 0 Å². The zero-order chi connectivity index (χ0) is 44.0. The van der Waals surface area contributed by atoms with Gasteiger partial charge in [0.1, 0.15) is 28.9 Å². The van der Waals surface area contributed by atoms with Gasteiger partial charge in [0.2, 0.25) is 5.91 Å². The largest absolute Gasteiger partial charge is 0.379 e. The van der Waals surface area contributed by atoms with Gasteiger partial charge < -0.3 is 19.5 Å². The number of hydrogen-bond acceptors (Lipinski definition) is 9. The fourth-order valence-corrected chi connectivity index (χ4v) is 5.60. The van der Waals surface area contributed by atoms with Gasteiger partial charge in [-0.05, 0) is 49.4 Å². The molecule has 0 unspecified atom stereocenters. The van der Waals surface area contributed by atoms with Gasteiger partial charge in [-0.2, -0.15) is 0 Å². The molecule has 0 saturated carbocycles. The number of unbranched alkanes of at least 4 members (excludes halogenated alkanes) is 6. The third-order valence-corrected chi connectivity index (χ3v) is 9.03. The zero-order valence-corrected chi connectivity index (χ0v) is 38.9. The average molecular weight is 810 g/mol. The Morgan fingerprint density at radius 2 is 0.719 bits per heavy atom. The van der Waals surface area contributed by atoms with Gasteiger partial charge in [0.25, 0.3) is 0 Å². The third-order valence-electron chi connectivity index (χ3n) is 9.03. The zero-order valence-electron chi connectivity index (χ0n) is 38.9. The molecule has 0 aliphatic heterocycles. The van der Waals surface area contributed by atoms with E-state index in [-0.39, 0.29) is 51.3 Å². The molecule has 0 atom stereocenters. The molecule has 0 fully saturated rings. The van der Waals surface area contributed by atoms with Crippen molar-refractivity contribution in [3.8, 4) is 0 Å². The van der Waals surface area contributed by atoms with Crippen LogP contribution in [0.5, 0.6) is 0 Å². The van der Waals surface area contributed by atoms with Crippen LogP contribution < -0.4 is 5.32 Å². The molecule has 0 aliphatic carbocycles. The van der Waals surface area contributed by atoms with Crippen LogP contribution in [0.1, 0.15) is 199 Å². The van der Waals surface area contributed by atoms with Crippen LogP contribution in [-0.2, 0) is 43.0 Å². The Morgan fingerprint density at radius 3 is 1.14 bits per heavy atom. The SMILES string of the molecule is CC(C)(C)CC(=O)CCCCCCCNC(=O)CCC(=O)C(C)(C)C.CC(C)(C)CC(=O)CCCCOCCOCCOCCCCC(=O)CCC(=O)C(C)(C)C. The molecule has 0 bridgehead atoms. The van der Waals surface area contributed by atoms with Crippen molar-refractivity contribution >= 4 is 34.8 Å². The van der Waals surface area contributed by atoms with Crippen LogP contribution >= 0.6 is 0 Å². The molecule has 0 aromatic heterocycles. The molecule has 0 heterocycles. The Labute approximate surface area is 348 Å². The monoisotopic (exact) mass is 810 g/mol. The van der Waals surface area contributed by atoms with Crippen molar-refractivity contribution in [3.05, 3.63) is 0 Å². The van der Waals surface area contributed by atoms with Crippen molar-refractivity contribution in [2.45, 2.75) is 199 Å². The first-order valence-corrected chi connectivity index (χ1v) is 21.9. The molecular weight excluding hydrogens is 723 g/mol. The van der Waals surface area contributed by atoms with Crippen LogP contribution in [0, 0.1) is 21.7 Å². The van der Waals surface area contributed by atoms with Crippen LogP contribution in [-0.4, -0.2) is 81.0 Å². The van der Waals surface area contributed by atoms with E-state index >= 15 is 0 Å². The summed E-state index contributed by atoms with van der Waals surface area (Å²) >= 11 is 0. The van der Waals surface area contributed by atoms with Crippen molar-refractivity contribution in [3.63, 3.8) is 0 Å². The maximum atomic E-state index is 11.8. The van der Waals surface area contributed by atoms with E-state index in [1.54, 1.807) is 0 Å². The van der Waals surface area contributed by atoms with E-state index < -0.39 is 0 Å². The highest BCUT2D eigenvalue weighted by molar-refractivity contribution is 5.89. The summed E-state index contributed by atoms with van der Waals surface area (Å²) in [5, 5.41) is 2.88. The number of rotatable bonds is 32. The molecule has 0 aromatic rings. The molecule has 334 valence electrons. The molecule has 0 aromatic carbocycles. The van der Waals surface area contributed by atoms with E-state index in [0.29, 0.717) is 109 Å². The Bertz CT molecular complexity index is 1130. The Kier molecular flexibility index (Phi) is 31.5. The van der Waals surface area contributed by atoms with Crippen LogP contribution in [0.25, 0.3) is 0 Å². The van der Waals surface area contributed by atoms with E-state index in [0.717, 1.165) is 57.8 Å². The fourth-order valence-electron chi connectivity index (χ4n) is 5.60. The molecule has 1 N–H and O–H groups in total. The van der Waals surface area contributed by atoms with Crippen LogP contribution in [0.4, 0.5) is 0 Å². The molecule has 0 radical (unpaired) electrons. The Morgan fingerprint density at radius 1 is 0.368 bits per heavy atom. The standard InChI is InChI=1S/C26H48O6.C21H39NO3/c1-25(2,3)21-23(28)12-8-10-16-31-18-20-32-19-17-30-15-9-7-11-22(27)13-14-24(29)26(4,5)6;1-20(2,3)16-17(23)12-10-8-7-9-11-15-22-19(25)14-13-18(24)21(4,5)6/h7-21H2,1-6H3;7-16H2,1-6H3,(H,22,25). The van der Waals surface area contributed by atoms with E-state index in [2.05, 4.69) is 46.9 Å². The summed E-state index contributed by atoms with van der Waals surface area (Å²) in [6.07, 6.45) is 13.0. The molecular formula is C47H87NO9. The quantitative estimate of drug-likeness (QED) is 0.0657. The second-order valence-electron chi connectivity index (χ2n) is 20.1. The molecule has 0 spiro atoms. The predicted molar refractivity (Wildman–Crippen MR) is 231 cm³/mol.